The Balaban J connectivity index is 1.94. The Morgan fingerprint density at radius 2 is 2.00 bits per heavy atom. The summed E-state index contributed by atoms with van der Waals surface area (Å²) in [7, 11) is 0. The zero-order valence-electron chi connectivity index (χ0n) is 7.55. The van der Waals surface area contributed by atoms with Crippen molar-refractivity contribution in [2.24, 2.45) is 17.8 Å². The summed E-state index contributed by atoms with van der Waals surface area (Å²) >= 11 is 0. The molecule has 1 saturated carbocycles. The molecule has 0 amide bonds. The molecule has 2 aliphatic rings. The Morgan fingerprint density at radius 1 is 1.29 bits per heavy atom. The van der Waals surface area contributed by atoms with Gasteiger partial charge in [0.1, 0.15) is 0 Å². The molecule has 3 atom stereocenters. The molecule has 0 aromatic carbocycles. The van der Waals surface area contributed by atoms with E-state index >= 15 is 0 Å². The van der Waals surface area contributed by atoms with Crippen LogP contribution in [0.15, 0.2) is 12.2 Å². The van der Waals surface area contributed by atoms with E-state index in [2.05, 4.69) is 6.08 Å². The highest BCUT2D eigenvalue weighted by Crippen LogP contribution is 2.45. The maximum atomic E-state index is 12.0. The van der Waals surface area contributed by atoms with Crippen molar-refractivity contribution in [2.45, 2.75) is 25.4 Å². The minimum Gasteiger partial charge on any atom is -0.290 e. The Labute approximate surface area is 80.0 Å². The lowest BCUT2D eigenvalue weighted by atomic mass is 9.89. The van der Waals surface area contributed by atoms with Gasteiger partial charge in [-0.25, -0.2) is 0 Å². The second-order valence-corrected chi connectivity index (χ2v) is 4.17. The smallest absolute Gasteiger partial charge is 0.290 e. The number of carbonyl (C=O) groups is 1. The van der Waals surface area contributed by atoms with Crippen LogP contribution in [0.25, 0.3) is 0 Å². The average molecular weight is 204 g/mol. The zero-order chi connectivity index (χ0) is 10.3. The fourth-order valence-electron chi connectivity index (χ4n) is 2.48. The topological polar surface area (TPSA) is 17.1 Å². The van der Waals surface area contributed by atoms with Gasteiger partial charge in [0.2, 0.25) is 5.78 Å². The number of halogens is 3. The first kappa shape index (κ1) is 9.74. The maximum absolute atomic E-state index is 12.0. The predicted octanol–water partition coefficient (Wildman–Crippen LogP) is 2.72. The van der Waals surface area contributed by atoms with Crippen molar-refractivity contribution >= 4 is 5.78 Å². The van der Waals surface area contributed by atoms with E-state index in [-0.39, 0.29) is 18.3 Å². The van der Waals surface area contributed by atoms with Crippen LogP contribution in [0.1, 0.15) is 19.3 Å². The van der Waals surface area contributed by atoms with Crippen LogP contribution in [-0.2, 0) is 4.79 Å². The molecule has 2 rings (SSSR count). The van der Waals surface area contributed by atoms with E-state index in [1.165, 1.54) is 0 Å². The highest BCUT2D eigenvalue weighted by molar-refractivity contribution is 5.84. The van der Waals surface area contributed by atoms with E-state index in [0.29, 0.717) is 5.92 Å². The Kier molecular flexibility index (Phi) is 2.16. The fourth-order valence-corrected chi connectivity index (χ4v) is 2.48. The molecule has 0 spiro atoms. The molecule has 2 aliphatic carbocycles. The highest BCUT2D eigenvalue weighted by Gasteiger charge is 2.43. The second kappa shape index (κ2) is 3.11. The van der Waals surface area contributed by atoms with E-state index in [1.807, 2.05) is 6.08 Å². The summed E-state index contributed by atoms with van der Waals surface area (Å²) in [5.74, 6) is -1.00. The van der Waals surface area contributed by atoms with E-state index < -0.39 is 12.0 Å². The van der Waals surface area contributed by atoms with Gasteiger partial charge in [-0.05, 0) is 30.6 Å². The number of hydrogen-bond donors (Lipinski definition) is 0. The summed E-state index contributed by atoms with van der Waals surface area (Å²) in [4.78, 5) is 10.7. The molecule has 0 aromatic heterocycles. The van der Waals surface area contributed by atoms with Crippen LogP contribution in [0.5, 0.6) is 0 Å². The normalized spacial score (nSPS) is 35.2. The molecule has 2 bridgehead atoms. The number of hydrogen-bond acceptors (Lipinski definition) is 1. The van der Waals surface area contributed by atoms with Crippen molar-refractivity contribution in [3.63, 3.8) is 0 Å². The van der Waals surface area contributed by atoms with Gasteiger partial charge in [-0.1, -0.05) is 12.2 Å². The van der Waals surface area contributed by atoms with Gasteiger partial charge >= 0.3 is 6.18 Å². The molecule has 4 heteroatoms. The predicted molar refractivity (Wildman–Crippen MR) is 44.5 cm³/mol. The molecule has 78 valence electrons. The summed E-state index contributed by atoms with van der Waals surface area (Å²) < 4.78 is 35.9. The molecule has 0 aromatic rings. The van der Waals surface area contributed by atoms with Crippen LogP contribution in [-0.4, -0.2) is 12.0 Å². The fraction of sp³-hybridized carbons (Fsp3) is 0.700. The van der Waals surface area contributed by atoms with Gasteiger partial charge in [-0.2, -0.15) is 13.2 Å². The highest BCUT2D eigenvalue weighted by atomic mass is 19.4. The van der Waals surface area contributed by atoms with Gasteiger partial charge < -0.3 is 0 Å². The van der Waals surface area contributed by atoms with Gasteiger partial charge in [0, 0.05) is 6.42 Å². The Hall–Kier alpha value is -0.800. The molecule has 3 unspecified atom stereocenters. The summed E-state index contributed by atoms with van der Waals surface area (Å²) in [5.41, 5.74) is 0. The van der Waals surface area contributed by atoms with Crippen LogP contribution < -0.4 is 0 Å². The van der Waals surface area contributed by atoms with Crippen molar-refractivity contribution in [1.82, 2.24) is 0 Å². The van der Waals surface area contributed by atoms with Crippen molar-refractivity contribution in [3.8, 4) is 0 Å². The summed E-state index contributed by atoms with van der Waals surface area (Å²) in [5, 5.41) is 0. The largest absolute Gasteiger partial charge is 0.449 e. The lowest BCUT2D eigenvalue weighted by molar-refractivity contribution is -0.172. The first-order valence-electron chi connectivity index (χ1n) is 4.75. The molecule has 0 N–H and O–H groups in total. The van der Waals surface area contributed by atoms with Crippen LogP contribution in [0.4, 0.5) is 13.2 Å². The number of rotatable bonds is 2. The van der Waals surface area contributed by atoms with Crippen molar-refractivity contribution in [1.29, 1.82) is 0 Å². The molecule has 0 aliphatic heterocycles. The van der Waals surface area contributed by atoms with E-state index in [1.54, 1.807) is 0 Å². The monoisotopic (exact) mass is 204 g/mol. The van der Waals surface area contributed by atoms with Crippen LogP contribution in [0.3, 0.4) is 0 Å². The Morgan fingerprint density at radius 3 is 2.43 bits per heavy atom. The lowest BCUT2D eigenvalue weighted by Crippen LogP contribution is -2.26. The molecule has 0 heterocycles. The second-order valence-electron chi connectivity index (χ2n) is 4.17. The molecular weight excluding hydrogens is 193 g/mol. The van der Waals surface area contributed by atoms with Gasteiger partial charge in [0.25, 0.3) is 0 Å². The third-order valence-electron chi connectivity index (χ3n) is 3.18. The van der Waals surface area contributed by atoms with E-state index in [0.717, 1.165) is 12.8 Å². The third kappa shape index (κ3) is 1.70. The minimum absolute atomic E-state index is 0.0703. The molecular formula is C10H11F3O. The number of alkyl halides is 3. The molecule has 1 nitrogen and oxygen atoms in total. The summed E-state index contributed by atoms with van der Waals surface area (Å²) in [6.45, 7) is 0. The SMILES string of the molecule is O=C(CC1CC2C=CC1C2)C(F)(F)F. The summed E-state index contributed by atoms with van der Waals surface area (Å²) in [6, 6.07) is 0. The van der Waals surface area contributed by atoms with Crippen LogP contribution >= 0.6 is 0 Å². The van der Waals surface area contributed by atoms with Crippen molar-refractivity contribution in [2.75, 3.05) is 0 Å². The molecule has 0 radical (unpaired) electrons. The van der Waals surface area contributed by atoms with Gasteiger partial charge in [-0.3, -0.25) is 4.79 Å². The van der Waals surface area contributed by atoms with Crippen molar-refractivity contribution in [3.05, 3.63) is 12.2 Å². The molecule has 0 saturated heterocycles. The van der Waals surface area contributed by atoms with E-state index in [9.17, 15) is 18.0 Å². The van der Waals surface area contributed by atoms with Crippen molar-refractivity contribution < 1.29 is 18.0 Å². The minimum atomic E-state index is -4.65. The van der Waals surface area contributed by atoms with E-state index in [4.69, 9.17) is 0 Å². The Bertz CT molecular complexity index is 280. The first-order chi connectivity index (χ1) is 6.47. The van der Waals surface area contributed by atoms with Crippen LogP contribution in [0, 0.1) is 17.8 Å². The maximum Gasteiger partial charge on any atom is 0.449 e. The summed E-state index contributed by atoms with van der Waals surface area (Å²) in [6.07, 6.45) is 0.737. The lowest BCUT2D eigenvalue weighted by Gasteiger charge is -2.17. The van der Waals surface area contributed by atoms with Gasteiger partial charge in [-0.15, -0.1) is 0 Å². The quantitative estimate of drug-likeness (QED) is 0.632. The number of allylic oxidation sites excluding steroid dienone is 2. The first-order valence-corrected chi connectivity index (χ1v) is 4.75. The molecule has 14 heavy (non-hydrogen) atoms. The zero-order valence-corrected chi connectivity index (χ0v) is 7.55. The average Bonchev–Trinajstić information content (AvgIpc) is 2.62. The number of carbonyl (C=O) groups excluding carboxylic acids is 1. The van der Waals surface area contributed by atoms with Crippen LogP contribution in [0.2, 0.25) is 0 Å². The number of ketones is 1. The number of fused-ring (bicyclic) bond motifs is 2. The van der Waals surface area contributed by atoms with Gasteiger partial charge in [0.05, 0.1) is 0 Å². The van der Waals surface area contributed by atoms with Gasteiger partial charge in [0.15, 0.2) is 0 Å². The standard InChI is InChI=1S/C10H11F3O/c11-10(12,13)9(14)5-8-4-6-1-2-7(8)3-6/h1-2,6-8H,3-5H2. The molecule has 1 fully saturated rings. The number of Topliss-reactive ketones (excluding diaryl/α,β-unsaturated/α-hetero) is 1. The third-order valence-corrected chi connectivity index (χ3v) is 3.18.